The Morgan fingerprint density at radius 1 is 1.08 bits per heavy atom. The fourth-order valence-corrected chi connectivity index (χ4v) is 0.536. The Kier molecular flexibility index (Phi) is 3.89. The minimum Gasteiger partial charge on any atom is -0.320 e. The van der Waals surface area contributed by atoms with E-state index in [2.05, 4.69) is 4.74 Å². The van der Waals surface area contributed by atoms with Gasteiger partial charge < -0.3 is 4.74 Å². The summed E-state index contributed by atoms with van der Waals surface area (Å²) in [5.41, 5.74) is 0. The van der Waals surface area contributed by atoms with E-state index in [1.807, 2.05) is 0 Å². The molecule has 0 rings (SSSR count). The molecule has 0 saturated carbocycles. The van der Waals surface area contributed by atoms with Crippen LogP contribution in [0.1, 0.15) is 19.8 Å². The van der Waals surface area contributed by atoms with Crippen molar-refractivity contribution in [3.63, 3.8) is 0 Å². The molecule has 6 heteroatoms. The second-order valence-electron chi connectivity index (χ2n) is 2.28. The van der Waals surface area contributed by atoms with Crippen LogP contribution >= 0.6 is 0 Å². The lowest BCUT2D eigenvalue weighted by Gasteiger charge is -2.17. The van der Waals surface area contributed by atoms with E-state index >= 15 is 0 Å². The second kappa shape index (κ2) is 4.02. The average Bonchev–Trinajstić information content (AvgIpc) is 1.78. The zero-order chi connectivity index (χ0) is 9.83. The average molecular weight is 192 g/mol. The molecule has 0 aliphatic heterocycles. The standard InChI is InChI=1S/C6H9F5O/c1-2-3-12-6(10,11)4-5(7,8)9/h2-4H2,1H3. The van der Waals surface area contributed by atoms with Crippen LogP contribution in [0, 0.1) is 0 Å². The molecule has 0 radical (unpaired) electrons. The highest BCUT2D eigenvalue weighted by atomic mass is 19.4. The predicted molar refractivity (Wildman–Crippen MR) is 31.9 cm³/mol. The van der Waals surface area contributed by atoms with Crippen molar-refractivity contribution in [2.45, 2.75) is 32.1 Å². The van der Waals surface area contributed by atoms with E-state index in [1.54, 1.807) is 0 Å². The monoisotopic (exact) mass is 192 g/mol. The summed E-state index contributed by atoms with van der Waals surface area (Å²) in [6.45, 7) is 1.16. The van der Waals surface area contributed by atoms with Gasteiger partial charge in [-0.25, -0.2) is 0 Å². The van der Waals surface area contributed by atoms with Gasteiger partial charge in [0.1, 0.15) is 6.42 Å². The van der Waals surface area contributed by atoms with Crippen LogP contribution in [-0.4, -0.2) is 18.9 Å². The van der Waals surface area contributed by atoms with Crippen molar-refractivity contribution in [3.05, 3.63) is 0 Å². The lowest BCUT2D eigenvalue weighted by Crippen LogP contribution is -2.28. The lowest BCUT2D eigenvalue weighted by atomic mass is 10.4. The highest BCUT2D eigenvalue weighted by Crippen LogP contribution is 2.32. The molecular weight excluding hydrogens is 183 g/mol. The molecule has 0 unspecified atom stereocenters. The molecule has 0 N–H and O–H groups in total. The molecular formula is C6H9F5O. The number of ether oxygens (including phenoxy) is 1. The number of halogens is 5. The first-order valence-corrected chi connectivity index (χ1v) is 3.35. The number of alkyl halides is 5. The van der Waals surface area contributed by atoms with Crippen molar-refractivity contribution in [2.24, 2.45) is 0 Å². The van der Waals surface area contributed by atoms with Gasteiger partial charge in [-0.05, 0) is 6.42 Å². The molecule has 0 aliphatic rings. The molecule has 0 aromatic carbocycles. The van der Waals surface area contributed by atoms with Crippen LogP contribution < -0.4 is 0 Å². The van der Waals surface area contributed by atoms with Crippen molar-refractivity contribution in [1.82, 2.24) is 0 Å². The molecule has 0 atom stereocenters. The molecule has 0 aromatic rings. The van der Waals surface area contributed by atoms with Crippen LogP contribution in [-0.2, 0) is 4.74 Å². The molecule has 1 nitrogen and oxygen atoms in total. The van der Waals surface area contributed by atoms with E-state index in [1.165, 1.54) is 6.92 Å². The van der Waals surface area contributed by atoms with Crippen molar-refractivity contribution in [3.8, 4) is 0 Å². The van der Waals surface area contributed by atoms with E-state index in [9.17, 15) is 22.0 Å². The van der Waals surface area contributed by atoms with Gasteiger partial charge in [-0.1, -0.05) is 6.92 Å². The van der Waals surface area contributed by atoms with Gasteiger partial charge in [0.2, 0.25) is 0 Å². The highest BCUT2D eigenvalue weighted by Gasteiger charge is 2.44. The van der Waals surface area contributed by atoms with Crippen LogP contribution in [0.3, 0.4) is 0 Å². The van der Waals surface area contributed by atoms with Gasteiger partial charge in [0.05, 0.1) is 6.61 Å². The van der Waals surface area contributed by atoms with E-state index < -0.39 is 18.7 Å². The Balaban J connectivity index is 3.86. The van der Waals surface area contributed by atoms with Gasteiger partial charge in [0.15, 0.2) is 0 Å². The van der Waals surface area contributed by atoms with Gasteiger partial charge in [0.25, 0.3) is 0 Å². The summed E-state index contributed by atoms with van der Waals surface area (Å²) in [5, 5.41) is 0. The molecule has 0 saturated heterocycles. The van der Waals surface area contributed by atoms with E-state index in [0.717, 1.165) is 0 Å². The molecule has 0 aromatic heterocycles. The van der Waals surface area contributed by atoms with Gasteiger partial charge >= 0.3 is 12.3 Å². The lowest BCUT2D eigenvalue weighted by molar-refractivity contribution is -0.292. The van der Waals surface area contributed by atoms with Crippen LogP contribution in [0.4, 0.5) is 22.0 Å². The van der Waals surface area contributed by atoms with Gasteiger partial charge in [-0.2, -0.15) is 22.0 Å². The second-order valence-corrected chi connectivity index (χ2v) is 2.28. The Hall–Kier alpha value is -0.390. The predicted octanol–water partition coefficient (Wildman–Crippen LogP) is 2.96. The summed E-state index contributed by atoms with van der Waals surface area (Å²) < 4.78 is 62.3. The normalized spacial score (nSPS) is 13.5. The zero-order valence-electron chi connectivity index (χ0n) is 6.42. The fourth-order valence-electron chi connectivity index (χ4n) is 0.536. The minimum absolute atomic E-state index is 0.257. The summed E-state index contributed by atoms with van der Waals surface area (Å²) in [4.78, 5) is 0. The molecule has 0 amide bonds. The molecule has 74 valence electrons. The molecule has 0 bridgehead atoms. The van der Waals surface area contributed by atoms with Crippen LogP contribution in [0.2, 0.25) is 0 Å². The maximum absolute atomic E-state index is 12.2. The maximum atomic E-state index is 12.2. The maximum Gasteiger partial charge on any atom is 0.397 e. The first kappa shape index (κ1) is 11.6. The van der Waals surface area contributed by atoms with E-state index in [4.69, 9.17) is 0 Å². The molecule has 0 spiro atoms. The third-order valence-electron chi connectivity index (χ3n) is 0.924. The smallest absolute Gasteiger partial charge is 0.320 e. The SMILES string of the molecule is CCCOC(F)(F)CC(F)(F)F. The van der Waals surface area contributed by atoms with Gasteiger partial charge in [-0.3, -0.25) is 0 Å². The zero-order valence-corrected chi connectivity index (χ0v) is 6.42. The number of hydrogen-bond acceptors (Lipinski definition) is 1. The van der Waals surface area contributed by atoms with Crippen LogP contribution in [0.25, 0.3) is 0 Å². The van der Waals surface area contributed by atoms with Gasteiger partial charge in [-0.15, -0.1) is 0 Å². The van der Waals surface area contributed by atoms with E-state index in [0.29, 0.717) is 0 Å². The fraction of sp³-hybridized carbons (Fsp3) is 1.00. The van der Waals surface area contributed by atoms with Crippen molar-refractivity contribution in [2.75, 3.05) is 6.61 Å². The topological polar surface area (TPSA) is 9.23 Å². The molecule has 0 heterocycles. The third kappa shape index (κ3) is 6.33. The number of hydrogen-bond donors (Lipinski definition) is 0. The molecule has 12 heavy (non-hydrogen) atoms. The third-order valence-corrected chi connectivity index (χ3v) is 0.924. The first-order valence-electron chi connectivity index (χ1n) is 3.35. The van der Waals surface area contributed by atoms with Crippen LogP contribution in [0.5, 0.6) is 0 Å². The summed E-state index contributed by atoms with van der Waals surface area (Å²) in [7, 11) is 0. The highest BCUT2D eigenvalue weighted by molar-refractivity contribution is 4.60. The minimum atomic E-state index is -4.89. The number of rotatable bonds is 4. The summed E-state index contributed by atoms with van der Waals surface area (Å²) >= 11 is 0. The van der Waals surface area contributed by atoms with Gasteiger partial charge in [0, 0.05) is 0 Å². The Morgan fingerprint density at radius 3 is 1.92 bits per heavy atom. The van der Waals surface area contributed by atoms with Crippen molar-refractivity contribution < 1.29 is 26.7 Å². The van der Waals surface area contributed by atoms with Crippen molar-refractivity contribution in [1.29, 1.82) is 0 Å². The molecule has 0 fully saturated rings. The summed E-state index contributed by atoms with van der Waals surface area (Å²) in [6, 6.07) is 0. The summed E-state index contributed by atoms with van der Waals surface area (Å²) in [5.74, 6) is 0. The van der Waals surface area contributed by atoms with Crippen LogP contribution in [0.15, 0.2) is 0 Å². The molecule has 0 aliphatic carbocycles. The van der Waals surface area contributed by atoms with E-state index in [-0.39, 0.29) is 13.0 Å². The summed E-state index contributed by atoms with van der Waals surface area (Å²) in [6.07, 6.45) is -10.9. The Labute approximate surface area is 66.5 Å². The Morgan fingerprint density at radius 2 is 1.58 bits per heavy atom. The first-order chi connectivity index (χ1) is 5.27. The Bertz CT molecular complexity index is 130. The van der Waals surface area contributed by atoms with Crippen molar-refractivity contribution >= 4 is 0 Å². The quantitative estimate of drug-likeness (QED) is 0.622. The largest absolute Gasteiger partial charge is 0.397 e.